The Balaban J connectivity index is 2.49. The SMILES string of the molecule is CCN(c1cccc(C)c1)c1cccc(F)c1CC(C)N. The van der Waals surface area contributed by atoms with Gasteiger partial charge < -0.3 is 10.6 Å². The van der Waals surface area contributed by atoms with Crippen LogP contribution >= 0.6 is 0 Å². The van der Waals surface area contributed by atoms with E-state index in [0.29, 0.717) is 12.0 Å². The molecule has 0 aliphatic rings. The average Bonchev–Trinajstić information content (AvgIpc) is 2.43. The van der Waals surface area contributed by atoms with E-state index in [0.717, 1.165) is 17.9 Å². The number of halogens is 1. The monoisotopic (exact) mass is 286 g/mol. The first kappa shape index (κ1) is 15.5. The van der Waals surface area contributed by atoms with E-state index in [1.807, 2.05) is 19.1 Å². The highest BCUT2D eigenvalue weighted by Gasteiger charge is 2.16. The molecule has 2 aromatic carbocycles. The van der Waals surface area contributed by atoms with Gasteiger partial charge in [-0.2, -0.15) is 0 Å². The molecule has 0 radical (unpaired) electrons. The Morgan fingerprint density at radius 1 is 1.19 bits per heavy atom. The predicted molar refractivity (Wildman–Crippen MR) is 87.6 cm³/mol. The van der Waals surface area contributed by atoms with Crippen LogP contribution in [-0.4, -0.2) is 12.6 Å². The summed E-state index contributed by atoms with van der Waals surface area (Å²) >= 11 is 0. The third-order valence-electron chi connectivity index (χ3n) is 3.54. The molecule has 112 valence electrons. The molecule has 0 aliphatic heterocycles. The molecule has 0 amide bonds. The first-order valence-electron chi connectivity index (χ1n) is 7.40. The Morgan fingerprint density at radius 3 is 2.52 bits per heavy atom. The summed E-state index contributed by atoms with van der Waals surface area (Å²) in [5.41, 5.74) is 9.74. The number of anilines is 2. The molecule has 2 N–H and O–H groups in total. The van der Waals surface area contributed by atoms with Crippen molar-refractivity contribution in [3.05, 3.63) is 59.4 Å². The van der Waals surface area contributed by atoms with Gasteiger partial charge in [0.1, 0.15) is 5.82 Å². The van der Waals surface area contributed by atoms with Crippen LogP contribution in [0.3, 0.4) is 0 Å². The topological polar surface area (TPSA) is 29.3 Å². The maximum Gasteiger partial charge on any atom is 0.128 e. The normalized spacial score (nSPS) is 12.2. The second kappa shape index (κ2) is 6.72. The van der Waals surface area contributed by atoms with E-state index in [-0.39, 0.29) is 11.9 Å². The third kappa shape index (κ3) is 3.61. The van der Waals surface area contributed by atoms with Crippen molar-refractivity contribution in [1.29, 1.82) is 0 Å². The van der Waals surface area contributed by atoms with Crippen LogP contribution in [0.15, 0.2) is 42.5 Å². The van der Waals surface area contributed by atoms with Gasteiger partial charge in [0.25, 0.3) is 0 Å². The molecule has 0 heterocycles. The quantitative estimate of drug-likeness (QED) is 0.893. The van der Waals surface area contributed by atoms with E-state index in [2.05, 4.69) is 36.9 Å². The van der Waals surface area contributed by atoms with Crippen molar-refractivity contribution in [3.63, 3.8) is 0 Å². The minimum atomic E-state index is -0.184. The van der Waals surface area contributed by atoms with Crippen LogP contribution in [0.1, 0.15) is 25.0 Å². The Kier molecular flexibility index (Phi) is 4.97. The Bertz CT molecular complexity index is 608. The van der Waals surface area contributed by atoms with Crippen LogP contribution in [0, 0.1) is 12.7 Å². The van der Waals surface area contributed by atoms with E-state index in [9.17, 15) is 4.39 Å². The molecule has 0 saturated carbocycles. The first-order valence-corrected chi connectivity index (χ1v) is 7.40. The zero-order chi connectivity index (χ0) is 15.4. The Labute approximate surface area is 126 Å². The summed E-state index contributed by atoms with van der Waals surface area (Å²) in [6, 6.07) is 13.4. The molecule has 0 aliphatic carbocycles. The molecule has 21 heavy (non-hydrogen) atoms. The van der Waals surface area contributed by atoms with Gasteiger partial charge in [-0.25, -0.2) is 4.39 Å². The Morgan fingerprint density at radius 2 is 1.90 bits per heavy atom. The summed E-state index contributed by atoms with van der Waals surface area (Å²) < 4.78 is 14.2. The summed E-state index contributed by atoms with van der Waals surface area (Å²) in [4.78, 5) is 2.13. The maximum absolute atomic E-state index is 14.2. The van der Waals surface area contributed by atoms with Crippen molar-refractivity contribution >= 4 is 11.4 Å². The molecule has 3 heteroatoms. The molecule has 0 bridgehead atoms. The lowest BCUT2D eigenvalue weighted by atomic mass is 10.0. The molecule has 1 atom stereocenters. The van der Waals surface area contributed by atoms with Gasteiger partial charge in [0.15, 0.2) is 0 Å². The van der Waals surface area contributed by atoms with Crippen molar-refractivity contribution in [1.82, 2.24) is 0 Å². The highest BCUT2D eigenvalue weighted by atomic mass is 19.1. The van der Waals surface area contributed by atoms with Crippen LogP contribution in [0.2, 0.25) is 0 Å². The summed E-state index contributed by atoms with van der Waals surface area (Å²) in [5, 5.41) is 0. The minimum Gasteiger partial charge on any atom is -0.341 e. The van der Waals surface area contributed by atoms with Gasteiger partial charge >= 0.3 is 0 Å². The van der Waals surface area contributed by atoms with E-state index in [1.165, 1.54) is 11.6 Å². The Hall–Kier alpha value is -1.87. The van der Waals surface area contributed by atoms with Gasteiger partial charge in [-0.1, -0.05) is 18.2 Å². The molecule has 0 saturated heterocycles. The maximum atomic E-state index is 14.2. The van der Waals surface area contributed by atoms with Crippen LogP contribution < -0.4 is 10.6 Å². The van der Waals surface area contributed by atoms with Gasteiger partial charge in [0, 0.05) is 29.5 Å². The second-order valence-corrected chi connectivity index (χ2v) is 5.50. The lowest BCUT2D eigenvalue weighted by Crippen LogP contribution is -2.23. The van der Waals surface area contributed by atoms with Crippen molar-refractivity contribution in [2.45, 2.75) is 33.2 Å². The highest BCUT2D eigenvalue weighted by molar-refractivity contribution is 5.67. The number of nitrogens with two attached hydrogens (primary N) is 1. The molecule has 2 nitrogen and oxygen atoms in total. The average molecular weight is 286 g/mol. The standard InChI is InChI=1S/C18H23FN2/c1-4-21(15-8-5-7-13(2)11-15)18-10-6-9-17(19)16(18)12-14(3)20/h5-11,14H,4,12,20H2,1-3H3. The van der Waals surface area contributed by atoms with Crippen molar-refractivity contribution in [2.24, 2.45) is 5.73 Å². The predicted octanol–water partition coefficient (Wildman–Crippen LogP) is 4.18. The van der Waals surface area contributed by atoms with Gasteiger partial charge in [-0.05, 0) is 57.0 Å². The van der Waals surface area contributed by atoms with Gasteiger partial charge in [0.2, 0.25) is 0 Å². The van der Waals surface area contributed by atoms with Crippen LogP contribution in [-0.2, 0) is 6.42 Å². The summed E-state index contributed by atoms with van der Waals surface area (Å²) in [5.74, 6) is -0.184. The number of benzene rings is 2. The van der Waals surface area contributed by atoms with Crippen LogP contribution in [0.25, 0.3) is 0 Å². The molecule has 1 unspecified atom stereocenters. The molecule has 0 fully saturated rings. The minimum absolute atomic E-state index is 0.0723. The summed E-state index contributed by atoms with van der Waals surface area (Å²) in [7, 11) is 0. The number of rotatable bonds is 5. The lowest BCUT2D eigenvalue weighted by Gasteiger charge is -2.27. The lowest BCUT2D eigenvalue weighted by molar-refractivity contribution is 0.596. The molecule has 0 spiro atoms. The largest absolute Gasteiger partial charge is 0.341 e. The van der Waals surface area contributed by atoms with E-state index >= 15 is 0 Å². The smallest absolute Gasteiger partial charge is 0.128 e. The van der Waals surface area contributed by atoms with Crippen molar-refractivity contribution in [2.75, 3.05) is 11.4 Å². The molecule has 0 aromatic heterocycles. The fourth-order valence-corrected chi connectivity index (χ4v) is 2.61. The number of hydrogen-bond acceptors (Lipinski definition) is 2. The number of aryl methyl sites for hydroxylation is 1. The van der Waals surface area contributed by atoms with E-state index in [1.54, 1.807) is 6.07 Å². The van der Waals surface area contributed by atoms with Gasteiger partial charge in [-0.3, -0.25) is 0 Å². The van der Waals surface area contributed by atoms with E-state index in [4.69, 9.17) is 5.73 Å². The van der Waals surface area contributed by atoms with Gasteiger partial charge in [0.05, 0.1) is 0 Å². The van der Waals surface area contributed by atoms with E-state index < -0.39 is 0 Å². The zero-order valence-corrected chi connectivity index (χ0v) is 12.9. The van der Waals surface area contributed by atoms with Crippen LogP contribution in [0.4, 0.5) is 15.8 Å². The highest BCUT2D eigenvalue weighted by Crippen LogP contribution is 2.31. The molecule has 2 aromatic rings. The molecular weight excluding hydrogens is 263 g/mol. The molecule has 2 rings (SSSR count). The molecular formula is C18H23FN2. The first-order chi connectivity index (χ1) is 10.0. The van der Waals surface area contributed by atoms with Gasteiger partial charge in [-0.15, -0.1) is 0 Å². The summed E-state index contributed by atoms with van der Waals surface area (Å²) in [6.45, 7) is 6.81. The third-order valence-corrected chi connectivity index (χ3v) is 3.54. The number of nitrogens with zero attached hydrogens (tertiary/aromatic N) is 1. The van der Waals surface area contributed by atoms with Crippen molar-refractivity contribution in [3.8, 4) is 0 Å². The summed E-state index contributed by atoms with van der Waals surface area (Å²) in [6.07, 6.45) is 0.532. The zero-order valence-electron chi connectivity index (χ0n) is 12.9. The fraction of sp³-hybridized carbons (Fsp3) is 0.333. The second-order valence-electron chi connectivity index (χ2n) is 5.50. The van der Waals surface area contributed by atoms with Crippen LogP contribution in [0.5, 0.6) is 0 Å². The fourth-order valence-electron chi connectivity index (χ4n) is 2.61. The number of hydrogen-bond donors (Lipinski definition) is 1. The van der Waals surface area contributed by atoms with Crippen molar-refractivity contribution < 1.29 is 4.39 Å².